The molecular formula is C6H3BrClFIN. The van der Waals surface area contributed by atoms with Crippen LogP contribution in [0.15, 0.2) is 22.7 Å². The summed E-state index contributed by atoms with van der Waals surface area (Å²) in [5, 5.41) is 0.385. The van der Waals surface area contributed by atoms with Crippen molar-refractivity contribution in [2.24, 2.45) is 0 Å². The largest absolute Gasteiger partial charge is 0.149 e. The molecule has 5 heteroatoms. The quantitative estimate of drug-likeness (QED) is 0.543. The standard InChI is InChI=1S/C6H3BrClFIN/c7-4-1-2-6(11(9)10)5(8)3-4/h1-3H. The predicted molar refractivity (Wildman–Crippen MR) is 56.8 cm³/mol. The van der Waals surface area contributed by atoms with E-state index in [4.69, 9.17) is 11.6 Å². The molecule has 0 amide bonds. The molecule has 0 spiro atoms. The summed E-state index contributed by atoms with van der Waals surface area (Å²) in [6.07, 6.45) is 0. The van der Waals surface area contributed by atoms with Gasteiger partial charge in [0.15, 0.2) is 0 Å². The molecule has 0 aromatic heterocycles. The third-order valence-electron chi connectivity index (χ3n) is 1.09. The molecule has 0 aliphatic carbocycles. The first-order chi connectivity index (χ1) is 5.11. The third-order valence-corrected chi connectivity index (χ3v) is 2.41. The van der Waals surface area contributed by atoms with Gasteiger partial charge in [0.1, 0.15) is 0 Å². The number of nitrogens with zero attached hydrogens (tertiary/aromatic N) is 1. The summed E-state index contributed by atoms with van der Waals surface area (Å²) < 4.78 is 13.8. The Hall–Kier alpha value is 0.450. The maximum Gasteiger partial charge on any atom is 0.0989 e. The first kappa shape index (κ1) is 9.54. The van der Waals surface area contributed by atoms with E-state index in [1.807, 2.05) is 0 Å². The Bertz CT molecular complexity index is 269. The summed E-state index contributed by atoms with van der Waals surface area (Å²) in [6.45, 7) is 0. The zero-order valence-electron chi connectivity index (χ0n) is 5.19. The van der Waals surface area contributed by atoms with Crippen molar-refractivity contribution < 1.29 is 4.48 Å². The molecule has 1 aromatic rings. The van der Waals surface area contributed by atoms with Crippen molar-refractivity contribution in [2.75, 3.05) is 3.34 Å². The summed E-state index contributed by atoms with van der Waals surface area (Å²) in [5.41, 5.74) is 0.357. The Morgan fingerprint density at radius 2 is 2.18 bits per heavy atom. The molecule has 0 N–H and O–H groups in total. The molecule has 0 fully saturated rings. The molecule has 0 saturated heterocycles. The maximum atomic E-state index is 12.5. The van der Waals surface area contributed by atoms with E-state index in [0.29, 0.717) is 14.0 Å². The van der Waals surface area contributed by atoms with Gasteiger partial charge in [0.2, 0.25) is 0 Å². The molecule has 60 valence electrons. The number of benzene rings is 1. The van der Waals surface area contributed by atoms with Gasteiger partial charge in [-0.25, -0.2) is 0 Å². The minimum Gasteiger partial charge on any atom is -0.149 e. The highest BCUT2D eigenvalue weighted by Gasteiger charge is 2.05. The molecule has 0 bridgehead atoms. The van der Waals surface area contributed by atoms with Crippen LogP contribution in [0.25, 0.3) is 0 Å². The molecule has 0 aliphatic heterocycles. The van der Waals surface area contributed by atoms with Gasteiger partial charge in [-0.1, -0.05) is 32.0 Å². The van der Waals surface area contributed by atoms with Crippen molar-refractivity contribution in [2.45, 2.75) is 0 Å². The van der Waals surface area contributed by atoms with E-state index in [1.54, 1.807) is 18.2 Å². The summed E-state index contributed by atoms with van der Waals surface area (Å²) in [6, 6.07) is 4.97. The summed E-state index contributed by atoms with van der Waals surface area (Å²) in [5.74, 6) is 0. The fourth-order valence-electron chi connectivity index (χ4n) is 0.618. The lowest BCUT2D eigenvalue weighted by atomic mass is 10.3. The smallest absolute Gasteiger partial charge is 0.0989 e. The van der Waals surface area contributed by atoms with Crippen LogP contribution in [0.4, 0.5) is 10.2 Å². The molecule has 11 heavy (non-hydrogen) atoms. The number of anilines is 1. The van der Waals surface area contributed by atoms with Gasteiger partial charge in [-0.15, -0.1) is 3.34 Å². The highest BCUT2D eigenvalue weighted by atomic mass is 127. The number of hydrogen-bond donors (Lipinski definition) is 0. The average Bonchev–Trinajstić information content (AvgIpc) is 1.85. The van der Waals surface area contributed by atoms with Crippen LogP contribution in [0.1, 0.15) is 0 Å². The van der Waals surface area contributed by atoms with E-state index in [9.17, 15) is 4.48 Å². The Morgan fingerprint density at radius 3 is 2.64 bits per heavy atom. The fourth-order valence-corrected chi connectivity index (χ4v) is 1.93. The van der Waals surface area contributed by atoms with Crippen molar-refractivity contribution in [3.8, 4) is 0 Å². The predicted octanol–water partition coefficient (Wildman–Crippen LogP) is 4.14. The van der Waals surface area contributed by atoms with E-state index in [1.165, 1.54) is 22.9 Å². The second-order valence-electron chi connectivity index (χ2n) is 1.83. The zero-order valence-corrected chi connectivity index (χ0v) is 9.69. The topological polar surface area (TPSA) is 3.24 Å². The Morgan fingerprint density at radius 1 is 1.55 bits per heavy atom. The van der Waals surface area contributed by atoms with Crippen LogP contribution in [-0.4, -0.2) is 0 Å². The van der Waals surface area contributed by atoms with Gasteiger partial charge in [0, 0.05) is 4.47 Å². The van der Waals surface area contributed by atoms with Gasteiger partial charge in [0.25, 0.3) is 0 Å². The molecule has 0 radical (unpaired) electrons. The molecule has 0 heterocycles. The van der Waals surface area contributed by atoms with Crippen molar-refractivity contribution >= 4 is 56.1 Å². The van der Waals surface area contributed by atoms with Crippen LogP contribution in [0.5, 0.6) is 0 Å². The number of halogens is 4. The minimum atomic E-state index is 0.357. The normalized spacial score (nSPS) is 9.82. The van der Waals surface area contributed by atoms with Crippen LogP contribution >= 0.6 is 50.4 Å². The minimum absolute atomic E-state index is 0.357. The van der Waals surface area contributed by atoms with E-state index in [-0.39, 0.29) is 0 Å². The Balaban J connectivity index is 3.09. The van der Waals surface area contributed by atoms with Gasteiger partial charge >= 0.3 is 0 Å². The van der Waals surface area contributed by atoms with Gasteiger partial charge in [0.05, 0.1) is 33.6 Å². The second-order valence-corrected chi connectivity index (χ2v) is 4.00. The van der Waals surface area contributed by atoms with Crippen LogP contribution in [0, 0.1) is 0 Å². The SMILES string of the molecule is FN(I)c1ccc(Br)cc1Cl. The van der Waals surface area contributed by atoms with Gasteiger partial charge in [-0.3, -0.25) is 0 Å². The van der Waals surface area contributed by atoms with Crippen molar-refractivity contribution in [3.05, 3.63) is 27.7 Å². The zero-order chi connectivity index (χ0) is 8.43. The lowest BCUT2D eigenvalue weighted by molar-refractivity contribution is 0.566. The molecule has 0 atom stereocenters. The van der Waals surface area contributed by atoms with E-state index in [0.717, 1.165) is 4.47 Å². The van der Waals surface area contributed by atoms with E-state index >= 15 is 0 Å². The Kier molecular flexibility index (Phi) is 3.39. The third kappa shape index (κ3) is 2.45. The molecule has 0 unspecified atom stereocenters. The summed E-state index contributed by atoms with van der Waals surface area (Å²) >= 11 is 10.4. The average molecular weight is 350 g/mol. The van der Waals surface area contributed by atoms with Gasteiger partial charge in [-0.2, -0.15) is 0 Å². The van der Waals surface area contributed by atoms with Crippen LogP contribution in [-0.2, 0) is 0 Å². The molecule has 1 nitrogen and oxygen atoms in total. The van der Waals surface area contributed by atoms with Gasteiger partial charge in [-0.05, 0) is 18.2 Å². The number of hydrogen-bond acceptors (Lipinski definition) is 1. The van der Waals surface area contributed by atoms with Crippen LogP contribution < -0.4 is 3.34 Å². The fraction of sp³-hybridized carbons (Fsp3) is 0. The van der Waals surface area contributed by atoms with Gasteiger partial charge < -0.3 is 0 Å². The molecular weight excluding hydrogens is 347 g/mol. The maximum absolute atomic E-state index is 12.5. The van der Waals surface area contributed by atoms with E-state index in [2.05, 4.69) is 15.9 Å². The summed E-state index contributed by atoms with van der Waals surface area (Å²) in [7, 11) is 0. The first-order valence-electron chi connectivity index (χ1n) is 2.68. The van der Waals surface area contributed by atoms with Crippen molar-refractivity contribution in [1.82, 2.24) is 0 Å². The lowest BCUT2D eigenvalue weighted by Gasteiger charge is -2.06. The van der Waals surface area contributed by atoms with Crippen molar-refractivity contribution in [1.29, 1.82) is 0 Å². The van der Waals surface area contributed by atoms with Crippen molar-refractivity contribution in [3.63, 3.8) is 0 Å². The summed E-state index contributed by atoms with van der Waals surface area (Å²) in [4.78, 5) is 0. The first-order valence-corrected chi connectivity index (χ1v) is 4.81. The second kappa shape index (κ2) is 3.91. The molecule has 0 aliphatic rings. The van der Waals surface area contributed by atoms with Crippen LogP contribution in [0.2, 0.25) is 5.02 Å². The number of rotatable bonds is 1. The molecule has 1 rings (SSSR count). The highest BCUT2D eigenvalue weighted by molar-refractivity contribution is 14.1. The monoisotopic (exact) mass is 349 g/mol. The lowest BCUT2D eigenvalue weighted by Crippen LogP contribution is -1.92. The molecule has 0 saturated carbocycles. The Labute approximate surface area is 91.1 Å². The van der Waals surface area contributed by atoms with Crippen LogP contribution in [0.3, 0.4) is 0 Å². The van der Waals surface area contributed by atoms with E-state index < -0.39 is 0 Å². The molecule has 1 aromatic carbocycles. The highest BCUT2D eigenvalue weighted by Crippen LogP contribution is 2.30.